The average molecular weight is 377 g/mol. The lowest BCUT2D eigenvalue weighted by Crippen LogP contribution is -2.40. The zero-order valence-electron chi connectivity index (χ0n) is 15.0. The maximum absolute atomic E-state index is 13.5. The van der Waals surface area contributed by atoms with E-state index in [1.54, 1.807) is 4.57 Å². The van der Waals surface area contributed by atoms with Crippen molar-refractivity contribution in [1.29, 1.82) is 0 Å². The number of aromatic nitrogens is 2. The SMILES string of the molecule is Cc1ccc(-n2c(N3CCOCC3)nc3c(sc4ccccc43)c2=O)cc1. The van der Waals surface area contributed by atoms with Crippen LogP contribution in [0.4, 0.5) is 5.95 Å². The van der Waals surface area contributed by atoms with Crippen LogP contribution in [0.2, 0.25) is 0 Å². The molecule has 3 heterocycles. The largest absolute Gasteiger partial charge is 0.378 e. The normalized spacial score (nSPS) is 14.9. The molecule has 1 aliphatic heterocycles. The van der Waals surface area contributed by atoms with Crippen molar-refractivity contribution in [3.05, 3.63) is 64.4 Å². The molecule has 0 spiro atoms. The Hall–Kier alpha value is -2.70. The molecule has 4 aromatic rings. The molecule has 0 amide bonds. The molecule has 2 aromatic carbocycles. The van der Waals surface area contributed by atoms with Crippen LogP contribution in [-0.2, 0) is 4.74 Å². The fourth-order valence-corrected chi connectivity index (χ4v) is 4.60. The van der Waals surface area contributed by atoms with Crippen molar-refractivity contribution in [2.75, 3.05) is 31.2 Å². The van der Waals surface area contributed by atoms with Gasteiger partial charge in [0.2, 0.25) is 5.95 Å². The van der Waals surface area contributed by atoms with Crippen LogP contribution >= 0.6 is 11.3 Å². The molecule has 0 saturated carbocycles. The maximum Gasteiger partial charge on any atom is 0.277 e. The van der Waals surface area contributed by atoms with E-state index < -0.39 is 0 Å². The maximum atomic E-state index is 13.5. The van der Waals surface area contributed by atoms with E-state index in [9.17, 15) is 4.79 Å². The Morgan fingerprint density at radius 3 is 2.56 bits per heavy atom. The van der Waals surface area contributed by atoms with E-state index in [4.69, 9.17) is 9.72 Å². The first-order chi connectivity index (χ1) is 13.2. The minimum absolute atomic E-state index is 0.00783. The Kier molecular flexibility index (Phi) is 3.95. The van der Waals surface area contributed by atoms with Gasteiger partial charge in [-0.2, -0.15) is 0 Å². The molecule has 0 atom stereocenters. The van der Waals surface area contributed by atoms with E-state index in [0.717, 1.165) is 39.9 Å². The highest BCUT2D eigenvalue weighted by Crippen LogP contribution is 2.32. The highest BCUT2D eigenvalue weighted by Gasteiger charge is 2.22. The van der Waals surface area contributed by atoms with Crippen molar-refractivity contribution in [1.82, 2.24) is 9.55 Å². The zero-order valence-corrected chi connectivity index (χ0v) is 15.8. The Labute approximate surface area is 160 Å². The first kappa shape index (κ1) is 16.5. The summed E-state index contributed by atoms with van der Waals surface area (Å²) < 4.78 is 9.05. The smallest absolute Gasteiger partial charge is 0.277 e. The van der Waals surface area contributed by atoms with Gasteiger partial charge >= 0.3 is 0 Å². The van der Waals surface area contributed by atoms with Gasteiger partial charge in [-0.25, -0.2) is 9.55 Å². The van der Waals surface area contributed by atoms with Crippen LogP contribution in [0.15, 0.2) is 53.3 Å². The number of benzene rings is 2. The molecule has 1 aliphatic rings. The molecule has 5 nitrogen and oxygen atoms in total. The lowest BCUT2D eigenvalue weighted by atomic mass is 10.2. The van der Waals surface area contributed by atoms with Crippen molar-refractivity contribution < 1.29 is 4.74 Å². The van der Waals surface area contributed by atoms with Gasteiger partial charge in [-0.15, -0.1) is 11.3 Å². The first-order valence-corrected chi connectivity index (χ1v) is 9.88. The van der Waals surface area contributed by atoms with Crippen molar-refractivity contribution in [3.63, 3.8) is 0 Å². The summed E-state index contributed by atoms with van der Waals surface area (Å²) in [6.07, 6.45) is 0. The van der Waals surface area contributed by atoms with Crippen LogP contribution in [-0.4, -0.2) is 35.9 Å². The summed E-state index contributed by atoms with van der Waals surface area (Å²) in [5, 5.41) is 1.04. The van der Waals surface area contributed by atoms with E-state index in [-0.39, 0.29) is 5.56 Å². The Bertz CT molecular complexity index is 1190. The van der Waals surface area contributed by atoms with Gasteiger partial charge in [-0.1, -0.05) is 35.9 Å². The predicted octanol–water partition coefficient (Wildman–Crippen LogP) is 3.75. The van der Waals surface area contributed by atoms with Gasteiger partial charge in [0.15, 0.2) is 0 Å². The van der Waals surface area contributed by atoms with E-state index >= 15 is 0 Å². The van der Waals surface area contributed by atoms with E-state index in [0.29, 0.717) is 23.9 Å². The van der Waals surface area contributed by atoms with Crippen molar-refractivity contribution in [2.45, 2.75) is 6.92 Å². The zero-order chi connectivity index (χ0) is 18.4. The van der Waals surface area contributed by atoms with Crippen LogP contribution in [0.25, 0.3) is 26.0 Å². The van der Waals surface area contributed by atoms with Gasteiger partial charge in [0.1, 0.15) is 4.70 Å². The lowest BCUT2D eigenvalue weighted by molar-refractivity contribution is 0.122. The summed E-state index contributed by atoms with van der Waals surface area (Å²) in [5.41, 5.74) is 2.80. The van der Waals surface area contributed by atoms with Gasteiger partial charge in [0.05, 0.1) is 24.4 Å². The number of hydrogen-bond acceptors (Lipinski definition) is 5. The molecule has 5 rings (SSSR count). The number of fused-ring (bicyclic) bond motifs is 3. The summed E-state index contributed by atoms with van der Waals surface area (Å²) in [6, 6.07) is 16.1. The third-order valence-corrected chi connectivity index (χ3v) is 6.11. The number of anilines is 1. The molecule has 0 unspecified atom stereocenters. The minimum atomic E-state index is -0.00783. The average Bonchev–Trinajstić information content (AvgIpc) is 3.09. The summed E-state index contributed by atoms with van der Waals surface area (Å²) >= 11 is 1.52. The Balaban J connectivity index is 1.84. The molecule has 27 heavy (non-hydrogen) atoms. The lowest BCUT2D eigenvalue weighted by Gasteiger charge is -2.29. The molecular weight excluding hydrogens is 358 g/mol. The van der Waals surface area contributed by atoms with E-state index in [1.807, 2.05) is 55.5 Å². The van der Waals surface area contributed by atoms with Crippen molar-refractivity contribution in [3.8, 4) is 5.69 Å². The summed E-state index contributed by atoms with van der Waals surface area (Å²) in [5.74, 6) is 0.697. The quantitative estimate of drug-likeness (QED) is 0.534. The van der Waals surface area contributed by atoms with Crippen LogP contribution in [0, 0.1) is 6.92 Å². The number of hydrogen-bond donors (Lipinski definition) is 0. The molecule has 0 N–H and O–H groups in total. The van der Waals surface area contributed by atoms with Crippen molar-refractivity contribution >= 4 is 37.6 Å². The second-order valence-electron chi connectivity index (χ2n) is 6.76. The highest BCUT2D eigenvalue weighted by atomic mass is 32.1. The van der Waals surface area contributed by atoms with Crippen LogP contribution < -0.4 is 10.5 Å². The molecule has 0 aliphatic carbocycles. The van der Waals surface area contributed by atoms with E-state index in [1.165, 1.54) is 11.3 Å². The summed E-state index contributed by atoms with van der Waals surface area (Å²) in [4.78, 5) is 20.7. The number of thiophene rings is 1. The molecule has 0 radical (unpaired) electrons. The van der Waals surface area contributed by atoms with Crippen molar-refractivity contribution in [2.24, 2.45) is 0 Å². The summed E-state index contributed by atoms with van der Waals surface area (Å²) in [6.45, 7) is 4.79. The molecule has 0 bridgehead atoms. The molecule has 6 heteroatoms. The van der Waals surface area contributed by atoms with Gasteiger partial charge in [-0.05, 0) is 25.1 Å². The van der Waals surface area contributed by atoms with Gasteiger partial charge < -0.3 is 9.64 Å². The second-order valence-corrected chi connectivity index (χ2v) is 7.82. The minimum Gasteiger partial charge on any atom is -0.378 e. The third kappa shape index (κ3) is 2.72. The molecule has 136 valence electrons. The van der Waals surface area contributed by atoms with E-state index in [2.05, 4.69) is 4.90 Å². The molecular formula is C21H19N3O2S. The topological polar surface area (TPSA) is 47.4 Å². The number of nitrogens with zero attached hydrogens (tertiary/aromatic N) is 3. The number of ether oxygens (including phenoxy) is 1. The third-order valence-electron chi connectivity index (χ3n) is 4.96. The van der Waals surface area contributed by atoms with Gasteiger partial charge in [0, 0.05) is 23.2 Å². The predicted molar refractivity (Wildman–Crippen MR) is 110 cm³/mol. The second kappa shape index (κ2) is 6.48. The van der Waals surface area contributed by atoms with Crippen LogP contribution in [0.3, 0.4) is 0 Å². The standard InChI is InChI=1S/C21H19N3O2S/c1-14-6-8-15(9-7-14)24-20(25)19-18(16-4-2-3-5-17(16)27-19)22-21(24)23-10-12-26-13-11-23/h2-9H,10-13H2,1H3. The monoisotopic (exact) mass is 377 g/mol. The Morgan fingerprint density at radius 1 is 1.04 bits per heavy atom. The van der Waals surface area contributed by atoms with Gasteiger partial charge in [-0.3, -0.25) is 4.79 Å². The number of rotatable bonds is 2. The van der Waals surface area contributed by atoms with Crippen LogP contribution in [0.1, 0.15) is 5.56 Å². The number of aryl methyl sites for hydroxylation is 1. The highest BCUT2D eigenvalue weighted by molar-refractivity contribution is 7.25. The Morgan fingerprint density at radius 2 is 1.78 bits per heavy atom. The van der Waals surface area contributed by atoms with Gasteiger partial charge in [0.25, 0.3) is 5.56 Å². The molecule has 2 aromatic heterocycles. The van der Waals surface area contributed by atoms with Crippen LogP contribution in [0.5, 0.6) is 0 Å². The first-order valence-electron chi connectivity index (χ1n) is 9.06. The number of morpholine rings is 1. The molecule has 1 fully saturated rings. The fourth-order valence-electron chi connectivity index (χ4n) is 3.53. The molecule has 1 saturated heterocycles. The summed E-state index contributed by atoms with van der Waals surface area (Å²) in [7, 11) is 0. The fraction of sp³-hybridized carbons (Fsp3) is 0.238.